The highest BCUT2D eigenvalue weighted by Crippen LogP contribution is 2.56. The SMILES string of the molecule is CCCC(C)(C)Oc1ccc(C2OC(C(F)(F)F)C2(C)C)cc1. The molecule has 0 aromatic heterocycles. The number of halogens is 3. The average Bonchev–Trinajstić information content (AvgIpc) is 2.37. The van der Waals surface area contributed by atoms with Gasteiger partial charge in [0.2, 0.25) is 0 Å². The maximum Gasteiger partial charge on any atom is 0.415 e. The molecular formula is C18H25F3O2. The molecule has 2 unspecified atom stereocenters. The maximum absolute atomic E-state index is 12.9. The first-order valence-corrected chi connectivity index (χ1v) is 7.98. The van der Waals surface area contributed by atoms with Gasteiger partial charge in [-0.3, -0.25) is 0 Å². The third kappa shape index (κ3) is 3.82. The van der Waals surface area contributed by atoms with E-state index in [9.17, 15) is 13.2 Å². The van der Waals surface area contributed by atoms with Crippen molar-refractivity contribution >= 4 is 0 Å². The van der Waals surface area contributed by atoms with Crippen LogP contribution in [0.5, 0.6) is 5.75 Å². The average molecular weight is 330 g/mol. The highest BCUT2D eigenvalue weighted by atomic mass is 19.4. The molecule has 2 nitrogen and oxygen atoms in total. The molecule has 1 aromatic rings. The van der Waals surface area contributed by atoms with Crippen LogP contribution in [0.3, 0.4) is 0 Å². The van der Waals surface area contributed by atoms with E-state index < -0.39 is 23.8 Å². The van der Waals surface area contributed by atoms with Crippen molar-refractivity contribution in [1.29, 1.82) is 0 Å². The summed E-state index contributed by atoms with van der Waals surface area (Å²) in [6, 6.07) is 7.17. The second-order valence-corrected chi connectivity index (χ2v) is 7.44. The van der Waals surface area contributed by atoms with Gasteiger partial charge < -0.3 is 9.47 Å². The second-order valence-electron chi connectivity index (χ2n) is 7.44. The Kier molecular flexibility index (Phi) is 4.73. The number of ether oxygens (including phenoxy) is 2. The van der Waals surface area contributed by atoms with Gasteiger partial charge in [0.05, 0.1) is 6.10 Å². The fourth-order valence-corrected chi connectivity index (χ4v) is 3.24. The van der Waals surface area contributed by atoms with E-state index in [2.05, 4.69) is 6.92 Å². The molecule has 0 radical (unpaired) electrons. The van der Waals surface area contributed by atoms with E-state index in [0.29, 0.717) is 0 Å². The Balaban J connectivity index is 2.07. The van der Waals surface area contributed by atoms with Gasteiger partial charge in [-0.2, -0.15) is 13.2 Å². The molecule has 0 N–H and O–H groups in total. The van der Waals surface area contributed by atoms with Crippen LogP contribution in [0.1, 0.15) is 59.1 Å². The molecule has 0 bridgehead atoms. The molecule has 1 aliphatic rings. The van der Waals surface area contributed by atoms with E-state index in [-0.39, 0.29) is 5.60 Å². The van der Waals surface area contributed by atoms with E-state index >= 15 is 0 Å². The minimum atomic E-state index is -4.33. The molecule has 1 heterocycles. The highest BCUT2D eigenvalue weighted by molar-refractivity contribution is 5.31. The van der Waals surface area contributed by atoms with Gasteiger partial charge in [-0.1, -0.05) is 39.3 Å². The number of alkyl halides is 3. The van der Waals surface area contributed by atoms with Crippen LogP contribution in [-0.4, -0.2) is 17.9 Å². The van der Waals surface area contributed by atoms with Crippen LogP contribution in [0.15, 0.2) is 24.3 Å². The van der Waals surface area contributed by atoms with E-state index in [1.54, 1.807) is 38.1 Å². The molecule has 0 spiro atoms. The van der Waals surface area contributed by atoms with Gasteiger partial charge >= 0.3 is 6.18 Å². The summed E-state index contributed by atoms with van der Waals surface area (Å²) in [5.41, 5.74) is -0.484. The summed E-state index contributed by atoms with van der Waals surface area (Å²) in [4.78, 5) is 0. The summed E-state index contributed by atoms with van der Waals surface area (Å²) in [6.45, 7) is 9.33. The zero-order valence-electron chi connectivity index (χ0n) is 14.3. The van der Waals surface area contributed by atoms with Crippen molar-refractivity contribution in [3.05, 3.63) is 29.8 Å². The molecule has 0 aliphatic carbocycles. The van der Waals surface area contributed by atoms with Gasteiger partial charge in [0.25, 0.3) is 0 Å². The van der Waals surface area contributed by atoms with Crippen LogP contribution < -0.4 is 4.74 Å². The van der Waals surface area contributed by atoms with Crippen molar-refractivity contribution in [3.63, 3.8) is 0 Å². The van der Waals surface area contributed by atoms with Crippen molar-refractivity contribution in [2.24, 2.45) is 5.41 Å². The van der Waals surface area contributed by atoms with Gasteiger partial charge in [-0.05, 0) is 38.0 Å². The first-order valence-electron chi connectivity index (χ1n) is 7.98. The second kappa shape index (κ2) is 6.00. The van der Waals surface area contributed by atoms with Crippen LogP contribution in [0.25, 0.3) is 0 Å². The van der Waals surface area contributed by atoms with Crippen LogP contribution in [0.4, 0.5) is 13.2 Å². The lowest BCUT2D eigenvalue weighted by Crippen LogP contribution is -2.57. The first-order chi connectivity index (χ1) is 10.5. The topological polar surface area (TPSA) is 18.5 Å². The number of hydrogen-bond donors (Lipinski definition) is 0. The smallest absolute Gasteiger partial charge is 0.415 e. The minimum absolute atomic E-state index is 0.260. The van der Waals surface area contributed by atoms with Crippen LogP contribution in [-0.2, 0) is 4.74 Å². The third-order valence-electron chi connectivity index (χ3n) is 4.35. The normalized spacial score (nSPS) is 24.2. The standard InChI is InChI=1S/C18H25F3O2/c1-6-11-16(2,3)23-13-9-7-12(8-10-13)14-17(4,5)15(22-14)18(19,20)21/h7-10,14-15H,6,11H2,1-5H3. The quantitative estimate of drug-likeness (QED) is 0.692. The molecule has 2 rings (SSSR count). The monoisotopic (exact) mass is 330 g/mol. The maximum atomic E-state index is 12.9. The number of rotatable bonds is 5. The summed E-state index contributed by atoms with van der Waals surface area (Å²) >= 11 is 0. The summed E-state index contributed by atoms with van der Waals surface area (Å²) in [6.07, 6.45) is -4.63. The van der Waals surface area contributed by atoms with E-state index in [1.165, 1.54) is 0 Å². The predicted molar refractivity (Wildman–Crippen MR) is 83.5 cm³/mol. The zero-order chi connectivity index (χ0) is 17.5. The molecular weight excluding hydrogens is 305 g/mol. The van der Waals surface area contributed by atoms with Crippen molar-refractivity contribution in [2.45, 2.75) is 71.4 Å². The van der Waals surface area contributed by atoms with Gasteiger partial charge in [0.1, 0.15) is 11.4 Å². The van der Waals surface area contributed by atoms with Gasteiger partial charge in [-0.25, -0.2) is 0 Å². The van der Waals surface area contributed by atoms with E-state index in [1.807, 2.05) is 13.8 Å². The lowest BCUT2D eigenvalue weighted by atomic mass is 9.72. The Bertz CT molecular complexity index is 532. The highest BCUT2D eigenvalue weighted by Gasteiger charge is 2.62. The van der Waals surface area contributed by atoms with Gasteiger partial charge in [0, 0.05) is 5.41 Å². The van der Waals surface area contributed by atoms with Crippen LogP contribution >= 0.6 is 0 Å². The van der Waals surface area contributed by atoms with Crippen molar-refractivity contribution in [2.75, 3.05) is 0 Å². The van der Waals surface area contributed by atoms with Crippen LogP contribution in [0.2, 0.25) is 0 Å². The number of hydrogen-bond acceptors (Lipinski definition) is 2. The molecule has 1 aliphatic heterocycles. The largest absolute Gasteiger partial charge is 0.488 e. The Hall–Kier alpha value is -1.23. The molecule has 5 heteroatoms. The molecule has 1 aromatic carbocycles. The Labute approximate surface area is 136 Å². The molecule has 0 amide bonds. The van der Waals surface area contributed by atoms with Gasteiger partial charge in [-0.15, -0.1) is 0 Å². The Morgan fingerprint density at radius 3 is 2.13 bits per heavy atom. The van der Waals surface area contributed by atoms with E-state index in [0.717, 1.165) is 24.2 Å². The lowest BCUT2D eigenvalue weighted by molar-refractivity contribution is -0.351. The predicted octanol–water partition coefficient (Wildman–Crippen LogP) is 5.67. The summed E-state index contributed by atoms with van der Waals surface area (Å²) in [5, 5.41) is 0. The first kappa shape index (κ1) is 18.1. The molecule has 1 fully saturated rings. The summed E-state index contributed by atoms with van der Waals surface area (Å²) in [5.74, 6) is 0.719. The molecule has 130 valence electrons. The van der Waals surface area contributed by atoms with Crippen LogP contribution in [0, 0.1) is 5.41 Å². The molecule has 0 saturated carbocycles. The van der Waals surface area contributed by atoms with Crippen molar-refractivity contribution in [1.82, 2.24) is 0 Å². The summed E-state index contributed by atoms with van der Waals surface area (Å²) in [7, 11) is 0. The Morgan fingerprint density at radius 1 is 1.13 bits per heavy atom. The Morgan fingerprint density at radius 2 is 1.70 bits per heavy atom. The van der Waals surface area contributed by atoms with E-state index in [4.69, 9.17) is 9.47 Å². The van der Waals surface area contributed by atoms with Gasteiger partial charge in [0.15, 0.2) is 6.10 Å². The third-order valence-corrected chi connectivity index (χ3v) is 4.35. The molecule has 23 heavy (non-hydrogen) atoms. The fraction of sp³-hybridized carbons (Fsp3) is 0.667. The zero-order valence-corrected chi connectivity index (χ0v) is 14.3. The fourth-order valence-electron chi connectivity index (χ4n) is 3.24. The molecule has 1 saturated heterocycles. The van der Waals surface area contributed by atoms with Crippen molar-refractivity contribution in [3.8, 4) is 5.75 Å². The molecule has 2 atom stereocenters. The summed E-state index contributed by atoms with van der Waals surface area (Å²) < 4.78 is 49.6. The lowest BCUT2D eigenvalue weighted by Gasteiger charge is -2.52. The minimum Gasteiger partial charge on any atom is -0.488 e. The van der Waals surface area contributed by atoms with Crippen molar-refractivity contribution < 1.29 is 22.6 Å². The number of benzene rings is 1.